The number of anilines is 1. The van der Waals surface area contributed by atoms with Gasteiger partial charge >= 0.3 is 11.9 Å². The van der Waals surface area contributed by atoms with Gasteiger partial charge in [-0.15, -0.1) is 0 Å². The molecule has 0 radical (unpaired) electrons. The molecular weight excluding hydrogens is 286 g/mol. The van der Waals surface area contributed by atoms with E-state index in [0.717, 1.165) is 11.6 Å². The summed E-state index contributed by atoms with van der Waals surface area (Å²) in [4.78, 5) is 22.4. The Morgan fingerprint density at radius 1 is 1.27 bits per heavy atom. The van der Waals surface area contributed by atoms with Gasteiger partial charge in [0.15, 0.2) is 0 Å². The monoisotopic (exact) mass is 307 g/mol. The molecule has 0 aliphatic carbocycles. The molecule has 0 aliphatic heterocycles. The number of aliphatic carboxylic acids is 1. The SMILES string of the molecule is COC(=O)/C(=C\C(=O)O)Nc1cccc(OC(C)(C)C)c1C. The fourth-order valence-electron chi connectivity index (χ4n) is 1.71. The van der Waals surface area contributed by atoms with Crippen LogP contribution in [0.1, 0.15) is 26.3 Å². The lowest BCUT2D eigenvalue weighted by Gasteiger charge is -2.23. The van der Waals surface area contributed by atoms with E-state index in [9.17, 15) is 9.59 Å². The summed E-state index contributed by atoms with van der Waals surface area (Å²) < 4.78 is 10.4. The topological polar surface area (TPSA) is 84.9 Å². The third-order valence-corrected chi connectivity index (χ3v) is 2.64. The smallest absolute Gasteiger partial charge is 0.354 e. The molecule has 6 nitrogen and oxygen atoms in total. The van der Waals surface area contributed by atoms with Crippen LogP contribution in [0.3, 0.4) is 0 Å². The quantitative estimate of drug-likeness (QED) is 0.642. The van der Waals surface area contributed by atoms with E-state index in [2.05, 4.69) is 10.1 Å². The molecule has 0 spiro atoms. The van der Waals surface area contributed by atoms with Crippen molar-refractivity contribution in [1.82, 2.24) is 0 Å². The molecule has 0 bridgehead atoms. The minimum atomic E-state index is -1.24. The maximum absolute atomic E-state index is 11.6. The zero-order valence-corrected chi connectivity index (χ0v) is 13.4. The molecular formula is C16H21NO5. The Bertz CT molecular complexity index is 599. The average molecular weight is 307 g/mol. The number of carboxylic acid groups (broad SMARTS) is 1. The molecule has 0 aliphatic rings. The van der Waals surface area contributed by atoms with Crippen molar-refractivity contribution >= 4 is 17.6 Å². The molecule has 0 aromatic heterocycles. The number of carboxylic acids is 1. The van der Waals surface area contributed by atoms with E-state index in [1.54, 1.807) is 12.1 Å². The van der Waals surface area contributed by atoms with E-state index in [1.807, 2.05) is 33.8 Å². The highest BCUT2D eigenvalue weighted by atomic mass is 16.5. The summed E-state index contributed by atoms with van der Waals surface area (Å²) in [6.45, 7) is 7.60. The van der Waals surface area contributed by atoms with Crippen molar-refractivity contribution in [3.8, 4) is 5.75 Å². The minimum absolute atomic E-state index is 0.161. The van der Waals surface area contributed by atoms with Gasteiger partial charge in [-0.1, -0.05) is 6.07 Å². The fraction of sp³-hybridized carbons (Fsp3) is 0.375. The van der Waals surface area contributed by atoms with Gasteiger partial charge in [-0.3, -0.25) is 0 Å². The largest absolute Gasteiger partial charge is 0.488 e. The number of methoxy groups -OCH3 is 1. The van der Waals surface area contributed by atoms with Gasteiger partial charge in [0.05, 0.1) is 13.2 Å². The molecule has 0 saturated carbocycles. The van der Waals surface area contributed by atoms with E-state index in [0.29, 0.717) is 11.4 Å². The average Bonchev–Trinajstić information content (AvgIpc) is 2.39. The summed E-state index contributed by atoms with van der Waals surface area (Å²) in [6.07, 6.45) is 0.766. The van der Waals surface area contributed by atoms with Crippen LogP contribution >= 0.6 is 0 Å². The summed E-state index contributed by atoms with van der Waals surface area (Å²) in [5.41, 5.74) is 0.800. The Morgan fingerprint density at radius 2 is 1.91 bits per heavy atom. The van der Waals surface area contributed by atoms with Gasteiger partial charge in [-0.25, -0.2) is 9.59 Å². The Hall–Kier alpha value is -2.50. The first-order valence-corrected chi connectivity index (χ1v) is 6.72. The molecule has 0 heterocycles. The summed E-state index contributed by atoms with van der Waals surface area (Å²) in [7, 11) is 1.19. The van der Waals surface area contributed by atoms with Gasteiger partial charge in [0.2, 0.25) is 0 Å². The van der Waals surface area contributed by atoms with Crippen LogP contribution < -0.4 is 10.1 Å². The molecule has 1 rings (SSSR count). The molecule has 22 heavy (non-hydrogen) atoms. The van der Waals surface area contributed by atoms with Crippen molar-refractivity contribution in [2.45, 2.75) is 33.3 Å². The van der Waals surface area contributed by atoms with Crippen LogP contribution in [0.5, 0.6) is 5.75 Å². The van der Waals surface area contributed by atoms with Crippen LogP contribution in [0.2, 0.25) is 0 Å². The number of hydrogen-bond acceptors (Lipinski definition) is 5. The van der Waals surface area contributed by atoms with Crippen molar-refractivity contribution in [2.75, 3.05) is 12.4 Å². The number of esters is 1. The van der Waals surface area contributed by atoms with Crippen LogP contribution in [0.25, 0.3) is 0 Å². The van der Waals surface area contributed by atoms with Crippen LogP contribution in [-0.2, 0) is 14.3 Å². The molecule has 0 unspecified atom stereocenters. The number of hydrogen-bond donors (Lipinski definition) is 2. The summed E-state index contributed by atoms with van der Waals surface area (Å²) in [5, 5.41) is 11.6. The molecule has 0 amide bonds. The number of nitrogens with one attached hydrogen (secondary N) is 1. The molecule has 6 heteroatoms. The van der Waals surface area contributed by atoms with E-state index in [4.69, 9.17) is 9.84 Å². The van der Waals surface area contributed by atoms with Gasteiger partial charge in [0.25, 0.3) is 0 Å². The second kappa shape index (κ2) is 6.98. The minimum Gasteiger partial charge on any atom is -0.488 e. The van der Waals surface area contributed by atoms with Crippen molar-refractivity contribution in [2.24, 2.45) is 0 Å². The highest BCUT2D eigenvalue weighted by Gasteiger charge is 2.17. The third-order valence-electron chi connectivity index (χ3n) is 2.64. The standard InChI is InChI=1S/C16H21NO5/c1-10-11(7-6-8-13(10)22-16(2,3)4)17-12(9-14(18)19)15(20)21-5/h6-9,17H,1-5H3,(H,18,19)/b12-9+. The first-order valence-electron chi connectivity index (χ1n) is 6.72. The molecule has 120 valence electrons. The van der Waals surface area contributed by atoms with E-state index >= 15 is 0 Å². The molecule has 1 aromatic carbocycles. The zero-order valence-electron chi connectivity index (χ0n) is 13.4. The number of carbonyl (C=O) groups excluding carboxylic acids is 1. The highest BCUT2D eigenvalue weighted by Crippen LogP contribution is 2.29. The van der Waals surface area contributed by atoms with Gasteiger partial charge in [-0.2, -0.15) is 0 Å². The Balaban J connectivity index is 3.14. The zero-order chi connectivity index (χ0) is 16.9. The summed E-state index contributed by atoms with van der Waals surface area (Å²) in [5.74, 6) is -1.35. The Morgan fingerprint density at radius 3 is 2.41 bits per heavy atom. The Labute approximate surface area is 129 Å². The molecule has 0 atom stereocenters. The predicted octanol–water partition coefficient (Wildman–Crippen LogP) is 2.73. The number of benzene rings is 1. The molecule has 0 saturated heterocycles. The predicted molar refractivity (Wildman–Crippen MR) is 82.9 cm³/mol. The first kappa shape index (κ1) is 17.6. The van der Waals surface area contributed by atoms with Crippen LogP contribution in [0.15, 0.2) is 30.0 Å². The van der Waals surface area contributed by atoms with Gasteiger partial charge in [0, 0.05) is 11.3 Å². The van der Waals surface area contributed by atoms with Crippen LogP contribution in [0.4, 0.5) is 5.69 Å². The fourth-order valence-corrected chi connectivity index (χ4v) is 1.71. The van der Waals surface area contributed by atoms with Gasteiger partial charge < -0.3 is 19.9 Å². The van der Waals surface area contributed by atoms with Gasteiger partial charge in [0.1, 0.15) is 17.0 Å². The van der Waals surface area contributed by atoms with E-state index in [1.165, 1.54) is 7.11 Å². The maximum Gasteiger partial charge on any atom is 0.354 e. The summed E-state index contributed by atoms with van der Waals surface area (Å²) >= 11 is 0. The highest BCUT2D eigenvalue weighted by molar-refractivity contribution is 5.98. The number of ether oxygens (including phenoxy) is 2. The first-order chi connectivity index (χ1) is 10.1. The second-order valence-corrected chi connectivity index (χ2v) is 5.66. The van der Waals surface area contributed by atoms with E-state index in [-0.39, 0.29) is 11.3 Å². The molecule has 2 N–H and O–H groups in total. The van der Waals surface area contributed by atoms with Crippen molar-refractivity contribution < 1.29 is 24.2 Å². The molecule has 1 aromatic rings. The number of rotatable bonds is 5. The van der Waals surface area contributed by atoms with Crippen molar-refractivity contribution in [1.29, 1.82) is 0 Å². The lowest BCUT2D eigenvalue weighted by atomic mass is 10.1. The lowest BCUT2D eigenvalue weighted by Crippen LogP contribution is -2.23. The van der Waals surface area contributed by atoms with E-state index < -0.39 is 11.9 Å². The molecule has 0 fully saturated rings. The second-order valence-electron chi connectivity index (χ2n) is 5.66. The van der Waals surface area contributed by atoms with Gasteiger partial charge in [-0.05, 0) is 39.8 Å². The van der Waals surface area contributed by atoms with Crippen LogP contribution in [-0.4, -0.2) is 29.8 Å². The Kier molecular flexibility index (Phi) is 5.56. The summed E-state index contributed by atoms with van der Waals surface area (Å²) in [6, 6.07) is 5.29. The maximum atomic E-state index is 11.6. The third kappa shape index (κ3) is 5.12. The lowest BCUT2D eigenvalue weighted by molar-refractivity contribution is -0.137. The van der Waals surface area contributed by atoms with Crippen LogP contribution in [0, 0.1) is 6.92 Å². The van der Waals surface area contributed by atoms with Crippen molar-refractivity contribution in [3.63, 3.8) is 0 Å². The van der Waals surface area contributed by atoms with Crippen molar-refractivity contribution in [3.05, 3.63) is 35.5 Å². The number of carbonyl (C=O) groups is 2. The normalized spacial score (nSPS) is 11.8.